The lowest BCUT2D eigenvalue weighted by molar-refractivity contribution is 0.203. The molecule has 1 N–H and O–H groups in total. The van der Waals surface area contributed by atoms with Gasteiger partial charge in [0.1, 0.15) is 12.4 Å². The molecule has 0 unspecified atom stereocenters. The summed E-state index contributed by atoms with van der Waals surface area (Å²) in [5, 5.41) is 0.200. The Bertz CT molecular complexity index is 775. The van der Waals surface area contributed by atoms with E-state index < -0.39 is 8.32 Å². The van der Waals surface area contributed by atoms with E-state index in [4.69, 9.17) is 9.16 Å². The van der Waals surface area contributed by atoms with Gasteiger partial charge >= 0.3 is 0 Å². The van der Waals surface area contributed by atoms with Crippen molar-refractivity contribution in [3.05, 3.63) is 52.4 Å². The van der Waals surface area contributed by atoms with Gasteiger partial charge in [0.25, 0.3) is 0 Å². The molecular weight excluding hydrogens is 330 g/mol. The second kappa shape index (κ2) is 7.58. The number of aryl methyl sites for hydroxylation is 1. The van der Waals surface area contributed by atoms with Crippen LogP contribution in [-0.2, 0) is 4.43 Å². The SMILES string of the molecule is Cc1cc(-c2cccc(OCCO[Si](C)(C)C(C)(C)C)c2)cc(=O)[nH]1. The monoisotopic (exact) mass is 359 g/mol. The Morgan fingerprint density at radius 2 is 1.76 bits per heavy atom. The summed E-state index contributed by atoms with van der Waals surface area (Å²) in [4.78, 5) is 14.4. The van der Waals surface area contributed by atoms with E-state index in [9.17, 15) is 4.79 Å². The lowest BCUT2D eigenvalue weighted by Gasteiger charge is -2.36. The highest BCUT2D eigenvalue weighted by Gasteiger charge is 2.36. The van der Waals surface area contributed by atoms with E-state index in [1.54, 1.807) is 6.07 Å². The van der Waals surface area contributed by atoms with Crippen molar-refractivity contribution >= 4 is 8.32 Å². The first-order chi connectivity index (χ1) is 11.6. The maximum absolute atomic E-state index is 11.7. The van der Waals surface area contributed by atoms with Crippen LogP contribution in [0.15, 0.2) is 41.2 Å². The molecule has 2 rings (SSSR count). The molecule has 0 saturated heterocycles. The number of nitrogens with one attached hydrogen (secondary N) is 1. The summed E-state index contributed by atoms with van der Waals surface area (Å²) in [5.74, 6) is 0.786. The Labute approximate surface area is 151 Å². The summed E-state index contributed by atoms with van der Waals surface area (Å²) in [7, 11) is -1.74. The Balaban J connectivity index is 1.99. The Morgan fingerprint density at radius 1 is 1.04 bits per heavy atom. The first-order valence-corrected chi connectivity index (χ1v) is 11.6. The molecule has 136 valence electrons. The minimum Gasteiger partial charge on any atom is -0.491 e. The molecule has 25 heavy (non-hydrogen) atoms. The molecule has 0 radical (unpaired) electrons. The van der Waals surface area contributed by atoms with E-state index in [0.29, 0.717) is 13.2 Å². The zero-order valence-corrected chi connectivity index (χ0v) is 17.1. The van der Waals surface area contributed by atoms with Crippen molar-refractivity contribution in [2.24, 2.45) is 0 Å². The minimum absolute atomic E-state index is 0.0934. The lowest BCUT2D eigenvalue weighted by atomic mass is 10.1. The van der Waals surface area contributed by atoms with Crippen molar-refractivity contribution in [1.82, 2.24) is 4.98 Å². The molecule has 0 spiro atoms. The molecule has 5 heteroatoms. The number of aromatic amines is 1. The fraction of sp³-hybridized carbons (Fsp3) is 0.450. The van der Waals surface area contributed by atoms with Gasteiger partial charge in [-0.1, -0.05) is 32.9 Å². The van der Waals surface area contributed by atoms with Crippen molar-refractivity contribution in [2.75, 3.05) is 13.2 Å². The van der Waals surface area contributed by atoms with Gasteiger partial charge in [-0.05, 0) is 54.4 Å². The number of pyridine rings is 1. The molecule has 4 nitrogen and oxygen atoms in total. The average Bonchev–Trinajstić information content (AvgIpc) is 2.50. The maximum Gasteiger partial charge on any atom is 0.248 e. The normalized spacial score (nSPS) is 12.2. The van der Waals surface area contributed by atoms with Gasteiger partial charge in [0, 0.05) is 11.8 Å². The van der Waals surface area contributed by atoms with Gasteiger partial charge in [0.2, 0.25) is 5.56 Å². The van der Waals surface area contributed by atoms with E-state index in [0.717, 1.165) is 22.6 Å². The average molecular weight is 360 g/mol. The van der Waals surface area contributed by atoms with Crippen LogP contribution in [0.4, 0.5) is 0 Å². The lowest BCUT2D eigenvalue weighted by Crippen LogP contribution is -2.41. The molecule has 0 fully saturated rings. The third kappa shape index (κ3) is 5.31. The molecule has 0 aliphatic carbocycles. The third-order valence-corrected chi connectivity index (χ3v) is 9.31. The van der Waals surface area contributed by atoms with Crippen LogP contribution in [0.5, 0.6) is 5.75 Å². The summed E-state index contributed by atoms with van der Waals surface area (Å²) >= 11 is 0. The fourth-order valence-corrected chi connectivity index (χ4v) is 3.31. The van der Waals surface area contributed by atoms with Gasteiger partial charge in [-0.25, -0.2) is 0 Å². The van der Waals surface area contributed by atoms with Crippen molar-refractivity contribution in [2.45, 2.75) is 45.8 Å². The number of benzene rings is 1. The van der Waals surface area contributed by atoms with Gasteiger partial charge in [-0.2, -0.15) is 0 Å². The van der Waals surface area contributed by atoms with E-state index >= 15 is 0 Å². The third-order valence-electron chi connectivity index (χ3n) is 4.77. The van der Waals surface area contributed by atoms with E-state index in [1.165, 1.54) is 0 Å². The molecule has 0 bridgehead atoms. The van der Waals surface area contributed by atoms with Crippen LogP contribution >= 0.6 is 0 Å². The quantitative estimate of drug-likeness (QED) is 0.598. The van der Waals surface area contributed by atoms with Gasteiger partial charge in [0.15, 0.2) is 8.32 Å². The van der Waals surface area contributed by atoms with Gasteiger partial charge in [-0.3, -0.25) is 4.79 Å². The first-order valence-electron chi connectivity index (χ1n) is 8.67. The molecule has 1 aromatic carbocycles. The molecule has 0 aliphatic heterocycles. The molecule has 0 aliphatic rings. The molecule has 0 saturated carbocycles. The number of H-pyrrole nitrogens is 1. The van der Waals surface area contributed by atoms with E-state index in [2.05, 4.69) is 38.8 Å². The zero-order valence-electron chi connectivity index (χ0n) is 16.1. The van der Waals surface area contributed by atoms with Crippen LogP contribution in [0.2, 0.25) is 18.1 Å². The molecule has 2 aromatic rings. The summed E-state index contributed by atoms with van der Waals surface area (Å²) in [5.41, 5.74) is 2.61. The number of hydrogen-bond acceptors (Lipinski definition) is 3. The van der Waals surface area contributed by atoms with Crippen LogP contribution < -0.4 is 10.3 Å². The number of aromatic nitrogens is 1. The highest BCUT2D eigenvalue weighted by atomic mass is 28.4. The fourth-order valence-electron chi connectivity index (χ4n) is 2.29. The van der Waals surface area contributed by atoms with Crippen molar-refractivity contribution < 1.29 is 9.16 Å². The maximum atomic E-state index is 11.7. The first kappa shape index (κ1) is 19.5. The standard InChI is InChI=1S/C20H29NO3Si/c1-15-12-17(14-19(22)21-15)16-8-7-9-18(13-16)23-10-11-24-25(5,6)20(2,3)4/h7-9,12-14H,10-11H2,1-6H3,(H,21,22). The Kier molecular flexibility index (Phi) is 5.90. The topological polar surface area (TPSA) is 51.3 Å². The highest BCUT2D eigenvalue weighted by Crippen LogP contribution is 2.36. The molecule has 0 atom stereocenters. The Hall–Kier alpha value is -1.85. The summed E-state index contributed by atoms with van der Waals surface area (Å²) in [6, 6.07) is 11.4. The molecule has 0 amide bonds. The largest absolute Gasteiger partial charge is 0.491 e. The second-order valence-electron chi connectivity index (χ2n) is 7.90. The van der Waals surface area contributed by atoms with Crippen LogP contribution in [0.3, 0.4) is 0 Å². The summed E-state index contributed by atoms with van der Waals surface area (Å²) < 4.78 is 12.0. The van der Waals surface area contributed by atoms with Crippen LogP contribution in [0, 0.1) is 6.92 Å². The Morgan fingerprint density at radius 3 is 2.40 bits per heavy atom. The minimum atomic E-state index is -1.74. The van der Waals surface area contributed by atoms with Crippen molar-refractivity contribution in [1.29, 1.82) is 0 Å². The van der Waals surface area contributed by atoms with E-state index in [-0.39, 0.29) is 10.6 Å². The number of rotatable bonds is 6. The summed E-state index contributed by atoms with van der Waals surface area (Å²) in [6.07, 6.45) is 0. The van der Waals surface area contributed by atoms with Gasteiger partial charge < -0.3 is 14.1 Å². The zero-order chi connectivity index (χ0) is 18.7. The number of ether oxygens (including phenoxy) is 1. The van der Waals surface area contributed by atoms with Crippen LogP contribution in [0.1, 0.15) is 26.5 Å². The van der Waals surface area contributed by atoms with Crippen molar-refractivity contribution in [3.63, 3.8) is 0 Å². The molecule has 1 aromatic heterocycles. The molecular formula is C20H29NO3Si. The number of hydrogen-bond donors (Lipinski definition) is 1. The predicted octanol–water partition coefficient (Wildman–Crippen LogP) is 4.75. The smallest absolute Gasteiger partial charge is 0.248 e. The highest BCUT2D eigenvalue weighted by molar-refractivity contribution is 6.74. The van der Waals surface area contributed by atoms with Crippen molar-refractivity contribution in [3.8, 4) is 16.9 Å². The van der Waals surface area contributed by atoms with E-state index in [1.807, 2.05) is 37.3 Å². The van der Waals surface area contributed by atoms with Crippen LogP contribution in [-0.4, -0.2) is 26.5 Å². The van der Waals surface area contributed by atoms with Crippen LogP contribution in [0.25, 0.3) is 11.1 Å². The summed E-state index contributed by atoms with van der Waals surface area (Å²) in [6.45, 7) is 14.2. The second-order valence-corrected chi connectivity index (χ2v) is 12.7. The van der Waals surface area contributed by atoms with Gasteiger partial charge in [-0.15, -0.1) is 0 Å². The van der Waals surface area contributed by atoms with Gasteiger partial charge in [0.05, 0.1) is 6.61 Å². The molecule has 1 heterocycles. The predicted molar refractivity (Wildman–Crippen MR) is 106 cm³/mol.